The van der Waals surface area contributed by atoms with E-state index in [1.165, 1.54) is 12.1 Å². The highest BCUT2D eigenvalue weighted by molar-refractivity contribution is 5.79. The standard InChI is InChI=1S/C21H25FN4O/c1-23-21(24-13-16-7-9-19(22)10-8-16)25-14-17-4-2-5-18(12-17)15-26-11-3-6-20(26)27/h2,4-5,7-10,12H,3,6,11,13-15H2,1H3,(H2,23,24,25). The summed E-state index contributed by atoms with van der Waals surface area (Å²) < 4.78 is 13.0. The van der Waals surface area contributed by atoms with Crippen LogP contribution in [0.25, 0.3) is 0 Å². The number of guanidine groups is 1. The molecule has 0 spiro atoms. The van der Waals surface area contributed by atoms with E-state index in [0.717, 1.165) is 29.7 Å². The molecule has 0 unspecified atom stereocenters. The molecular weight excluding hydrogens is 343 g/mol. The van der Waals surface area contributed by atoms with E-state index in [-0.39, 0.29) is 11.7 Å². The fraction of sp³-hybridized carbons (Fsp3) is 0.333. The number of amides is 1. The molecule has 1 aliphatic heterocycles. The molecule has 0 saturated carbocycles. The van der Waals surface area contributed by atoms with Crippen LogP contribution in [-0.2, 0) is 24.4 Å². The molecular formula is C21H25FN4O. The Balaban J connectivity index is 1.51. The van der Waals surface area contributed by atoms with Gasteiger partial charge in [0.2, 0.25) is 5.91 Å². The van der Waals surface area contributed by atoms with Crippen LogP contribution in [0.5, 0.6) is 0 Å². The molecule has 0 bridgehead atoms. The normalized spacial score (nSPS) is 14.5. The van der Waals surface area contributed by atoms with E-state index in [1.807, 2.05) is 11.0 Å². The largest absolute Gasteiger partial charge is 0.352 e. The molecule has 2 aromatic carbocycles. The van der Waals surface area contributed by atoms with Gasteiger partial charge in [0, 0.05) is 39.6 Å². The molecule has 0 radical (unpaired) electrons. The molecule has 1 aliphatic rings. The number of hydrogen-bond donors (Lipinski definition) is 2. The first kappa shape index (κ1) is 18.9. The SMILES string of the molecule is CN=C(NCc1ccc(F)cc1)NCc1cccc(CN2CCCC2=O)c1. The van der Waals surface area contributed by atoms with Crippen molar-refractivity contribution in [3.05, 3.63) is 71.0 Å². The fourth-order valence-corrected chi connectivity index (χ4v) is 3.12. The molecule has 2 aromatic rings. The number of nitrogens with one attached hydrogen (secondary N) is 2. The monoisotopic (exact) mass is 368 g/mol. The van der Waals surface area contributed by atoms with E-state index in [0.29, 0.717) is 32.0 Å². The topological polar surface area (TPSA) is 56.7 Å². The van der Waals surface area contributed by atoms with Crippen LogP contribution in [0.4, 0.5) is 4.39 Å². The number of carbonyl (C=O) groups is 1. The maximum atomic E-state index is 13.0. The summed E-state index contributed by atoms with van der Waals surface area (Å²) in [4.78, 5) is 17.9. The van der Waals surface area contributed by atoms with Gasteiger partial charge in [-0.2, -0.15) is 0 Å². The summed E-state index contributed by atoms with van der Waals surface area (Å²) in [6, 6.07) is 14.6. The number of nitrogens with zero attached hydrogens (tertiary/aromatic N) is 2. The Kier molecular flexibility index (Phi) is 6.41. The lowest BCUT2D eigenvalue weighted by atomic mass is 10.1. The van der Waals surface area contributed by atoms with Crippen LogP contribution >= 0.6 is 0 Å². The molecule has 142 valence electrons. The summed E-state index contributed by atoms with van der Waals surface area (Å²) in [5.74, 6) is 0.681. The molecule has 1 amide bonds. The zero-order valence-corrected chi connectivity index (χ0v) is 15.5. The number of aliphatic imine (C=N–C) groups is 1. The van der Waals surface area contributed by atoms with Gasteiger partial charge in [0.15, 0.2) is 5.96 Å². The van der Waals surface area contributed by atoms with Gasteiger partial charge in [0.25, 0.3) is 0 Å². The Morgan fingerprint density at radius 2 is 1.78 bits per heavy atom. The minimum atomic E-state index is -0.239. The second-order valence-electron chi connectivity index (χ2n) is 6.64. The summed E-state index contributed by atoms with van der Waals surface area (Å²) in [7, 11) is 1.72. The maximum absolute atomic E-state index is 13.0. The minimum Gasteiger partial charge on any atom is -0.352 e. The third-order valence-corrected chi connectivity index (χ3v) is 4.59. The first-order valence-corrected chi connectivity index (χ1v) is 9.18. The van der Waals surface area contributed by atoms with Crippen molar-refractivity contribution in [1.29, 1.82) is 0 Å². The number of rotatable bonds is 6. The van der Waals surface area contributed by atoms with Crippen LogP contribution in [0, 0.1) is 5.82 Å². The molecule has 3 rings (SSSR count). The summed E-state index contributed by atoms with van der Waals surface area (Å²) in [5, 5.41) is 6.50. The van der Waals surface area contributed by atoms with Gasteiger partial charge in [-0.05, 0) is 35.2 Å². The quantitative estimate of drug-likeness (QED) is 0.609. The van der Waals surface area contributed by atoms with Crippen molar-refractivity contribution < 1.29 is 9.18 Å². The molecule has 0 aromatic heterocycles. The number of carbonyl (C=O) groups excluding carboxylic acids is 1. The van der Waals surface area contributed by atoms with Gasteiger partial charge in [-0.25, -0.2) is 4.39 Å². The Labute approximate surface area is 159 Å². The number of halogens is 1. The molecule has 0 aliphatic carbocycles. The lowest BCUT2D eigenvalue weighted by Gasteiger charge is -2.16. The second-order valence-corrected chi connectivity index (χ2v) is 6.64. The van der Waals surface area contributed by atoms with Gasteiger partial charge in [-0.3, -0.25) is 9.79 Å². The van der Waals surface area contributed by atoms with Crippen molar-refractivity contribution >= 4 is 11.9 Å². The van der Waals surface area contributed by atoms with E-state index >= 15 is 0 Å². The number of hydrogen-bond acceptors (Lipinski definition) is 2. The van der Waals surface area contributed by atoms with Crippen LogP contribution in [-0.4, -0.2) is 30.4 Å². The molecule has 5 nitrogen and oxygen atoms in total. The lowest BCUT2D eigenvalue weighted by Crippen LogP contribution is -2.36. The van der Waals surface area contributed by atoms with Crippen LogP contribution in [0.3, 0.4) is 0 Å². The van der Waals surface area contributed by atoms with Crippen molar-refractivity contribution in [1.82, 2.24) is 15.5 Å². The summed E-state index contributed by atoms with van der Waals surface area (Å²) >= 11 is 0. The average Bonchev–Trinajstić information content (AvgIpc) is 3.08. The van der Waals surface area contributed by atoms with Crippen molar-refractivity contribution in [2.75, 3.05) is 13.6 Å². The van der Waals surface area contributed by atoms with Crippen molar-refractivity contribution in [3.8, 4) is 0 Å². The molecule has 6 heteroatoms. The van der Waals surface area contributed by atoms with Gasteiger partial charge in [-0.15, -0.1) is 0 Å². The molecule has 2 N–H and O–H groups in total. The van der Waals surface area contributed by atoms with Gasteiger partial charge >= 0.3 is 0 Å². The van der Waals surface area contributed by atoms with E-state index in [9.17, 15) is 9.18 Å². The van der Waals surface area contributed by atoms with Crippen molar-refractivity contribution in [3.63, 3.8) is 0 Å². The van der Waals surface area contributed by atoms with Crippen LogP contribution < -0.4 is 10.6 Å². The molecule has 0 atom stereocenters. The highest BCUT2D eigenvalue weighted by Crippen LogP contribution is 2.15. The van der Waals surface area contributed by atoms with E-state index in [2.05, 4.69) is 33.8 Å². The number of likely N-dealkylation sites (tertiary alicyclic amines) is 1. The Morgan fingerprint density at radius 3 is 2.44 bits per heavy atom. The summed E-state index contributed by atoms with van der Waals surface area (Å²) in [6.45, 7) is 2.72. The van der Waals surface area contributed by atoms with E-state index in [1.54, 1.807) is 19.2 Å². The predicted octanol–water partition coefficient (Wildman–Crippen LogP) is 2.81. The van der Waals surface area contributed by atoms with Crippen LogP contribution in [0.15, 0.2) is 53.5 Å². The first-order chi connectivity index (χ1) is 13.1. The molecule has 27 heavy (non-hydrogen) atoms. The lowest BCUT2D eigenvalue weighted by molar-refractivity contribution is -0.128. The highest BCUT2D eigenvalue weighted by atomic mass is 19.1. The minimum absolute atomic E-state index is 0.239. The Bertz CT molecular complexity index is 804. The highest BCUT2D eigenvalue weighted by Gasteiger charge is 2.19. The summed E-state index contributed by atoms with van der Waals surface area (Å²) in [6.07, 6.45) is 1.62. The van der Waals surface area contributed by atoms with Crippen LogP contribution in [0.1, 0.15) is 29.5 Å². The number of benzene rings is 2. The Hall–Kier alpha value is -2.89. The van der Waals surface area contributed by atoms with Gasteiger partial charge in [0.05, 0.1) is 0 Å². The smallest absolute Gasteiger partial charge is 0.222 e. The van der Waals surface area contributed by atoms with Crippen LogP contribution in [0.2, 0.25) is 0 Å². The van der Waals surface area contributed by atoms with Crippen molar-refractivity contribution in [2.24, 2.45) is 4.99 Å². The second kappa shape index (κ2) is 9.16. The third-order valence-electron chi connectivity index (χ3n) is 4.59. The molecule has 1 heterocycles. The average molecular weight is 368 g/mol. The predicted molar refractivity (Wildman–Crippen MR) is 105 cm³/mol. The first-order valence-electron chi connectivity index (χ1n) is 9.18. The zero-order chi connectivity index (χ0) is 19.1. The van der Waals surface area contributed by atoms with Gasteiger partial charge < -0.3 is 15.5 Å². The van der Waals surface area contributed by atoms with Gasteiger partial charge in [0.1, 0.15) is 5.82 Å². The van der Waals surface area contributed by atoms with E-state index < -0.39 is 0 Å². The Morgan fingerprint density at radius 1 is 1.07 bits per heavy atom. The van der Waals surface area contributed by atoms with Crippen molar-refractivity contribution in [2.45, 2.75) is 32.5 Å². The fourth-order valence-electron chi connectivity index (χ4n) is 3.12. The van der Waals surface area contributed by atoms with Gasteiger partial charge in [-0.1, -0.05) is 36.4 Å². The maximum Gasteiger partial charge on any atom is 0.222 e. The van der Waals surface area contributed by atoms with E-state index in [4.69, 9.17) is 0 Å². The molecule has 1 fully saturated rings. The third kappa shape index (κ3) is 5.54. The molecule has 1 saturated heterocycles. The summed E-state index contributed by atoms with van der Waals surface area (Å²) in [5.41, 5.74) is 3.25. The zero-order valence-electron chi connectivity index (χ0n) is 15.5.